The summed E-state index contributed by atoms with van der Waals surface area (Å²) in [6.45, 7) is 1.35. The van der Waals surface area contributed by atoms with Crippen LogP contribution < -0.4 is 5.32 Å². The molecule has 8 heteroatoms. The van der Waals surface area contributed by atoms with Crippen molar-refractivity contribution in [3.8, 4) is 0 Å². The molecule has 0 aliphatic carbocycles. The minimum Gasteiger partial charge on any atom is -0.385 e. The first-order chi connectivity index (χ1) is 11.4. The van der Waals surface area contributed by atoms with E-state index in [0.29, 0.717) is 37.4 Å². The van der Waals surface area contributed by atoms with Gasteiger partial charge in [-0.1, -0.05) is 0 Å². The summed E-state index contributed by atoms with van der Waals surface area (Å²) in [6.07, 6.45) is 2.58. The number of rotatable bonds is 7. The number of carbonyl (C=O) groups excluding carboxylic acids is 1. The molecule has 1 aromatic rings. The van der Waals surface area contributed by atoms with Crippen LogP contribution in [-0.4, -0.2) is 52.4 Å². The molecular weight excluding hydrogens is 330 g/mol. The minimum absolute atomic E-state index is 0.118. The zero-order valence-electron chi connectivity index (χ0n) is 14.0. The molecular formula is C16H23N3O4S. The number of methoxy groups -OCH3 is 1. The van der Waals surface area contributed by atoms with E-state index in [2.05, 4.69) is 9.71 Å². The summed E-state index contributed by atoms with van der Waals surface area (Å²) in [5.74, 6) is 0.459. The Balaban J connectivity index is 2.02. The third kappa shape index (κ3) is 5.04. The molecule has 0 radical (unpaired) electrons. The summed E-state index contributed by atoms with van der Waals surface area (Å²) >= 11 is 0. The first-order valence-electron chi connectivity index (χ1n) is 7.86. The first kappa shape index (κ1) is 18.4. The van der Waals surface area contributed by atoms with Crippen LogP contribution in [0, 0.1) is 0 Å². The molecule has 0 aromatic heterocycles. The van der Waals surface area contributed by atoms with Gasteiger partial charge in [-0.05, 0) is 37.1 Å². The lowest BCUT2D eigenvalue weighted by atomic mass is 10.2. The highest BCUT2D eigenvalue weighted by Crippen LogP contribution is 2.19. The van der Waals surface area contributed by atoms with Crippen LogP contribution in [0.5, 0.6) is 0 Å². The number of benzene rings is 1. The van der Waals surface area contributed by atoms with Crippen molar-refractivity contribution in [3.05, 3.63) is 24.3 Å². The van der Waals surface area contributed by atoms with Crippen molar-refractivity contribution in [3.63, 3.8) is 0 Å². The number of nitrogens with one attached hydrogen (secondary N) is 1. The Hall–Kier alpha value is -1.93. The number of nitrogens with zero attached hydrogens (tertiary/aromatic N) is 2. The highest BCUT2D eigenvalue weighted by atomic mass is 32.2. The van der Waals surface area contributed by atoms with Crippen molar-refractivity contribution in [2.75, 3.05) is 32.6 Å². The molecule has 0 unspecified atom stereocenters. The second kappa shape index (κ2) is 8.25. The van der Waals surface area contributed by atoms with E-state index in [1.165, 1.54) is 12.1 Å². The number of amidine groups is 1. The number of hydrogen-bond acceptors (Lipinski definition) is 4. The molecule has 1 N–H and O–H groups in total. The molecule has 0 spiro atoms. The molecule has 1 aliphatic heterocycles. The van der Waals surface area contributed by atoms with Gasteiger partial charge in [-0.2, -0.15) is 8.42 Å². The lowest BCUT2D eigenvalue weighted by molar-refractivity contribution is -0.116. The summed E-state index contributed by atoms with van der Waals surface area (Å²) in [5, 5.41) is 2.73. The van der Waals surface area contributed by atoms with Gasteiger partial charge in [0, 0.05) is 45.8 Å². The van der Waals surface area contributed by atoms with Gasteiger partial charge in [0.05, 0.1) is 4.90 Å². The summed E-state index contributed by atoms with van der Waals surface area (Å²) in [5.41, 5.74) is 0.557. The van der Waals surface area contributed by atoms with Gasteiger partial charge in [-0.3, -0.25) is 4.79 Å². The normalized spacial score (nSPS) is 16.6. The number of ether oxygens (including phenoxy) is 1. The number of amides is 1. The third-order valence-corrected chi connectivity index (χ3v) is 5.07. The molecule has 24 heavy (non-hydrogen) atoms. The van der Waals surface area contributed by atoms with Gasteiger partial charge in [-0.25, -0.2) is 0 Å². The van der Waals surface area contributed by atoms with Crippen LogP contribution in [0.3, 0.4) is 0 Å². The van der Waals surface area contributed by atoms with E-state index < -0.39 is 10.0 Å². The Morgan fingerprint density at radius 2 is 2.04 bits per heavy atom. The Morgan fingerprint density at radius 3 is 2.62 bits per heavy atom. The zero-order chi connectivity index (χ0) is 17.6. The predicted molar refractivity (Wildman–Crippen MR) is 92.7 cm³/mol. The van der Waals surface area contributed by atoms with Crippen LogP contribution in [0.1, 0.15) is 25.7 Å². The highest BCUT2D eigenvalue weighted by Gasteiger charge is 2.20. The van der Waals surface area contributed by atoms with Crippen molar-refractivity contribution < 1.29 is 17.9 Å². The Bertz CT molecular complexity index is 699. The Labute approximate surface area is 142 Å². The van der Waals surface area contributed by atoms with E-state index in [0.717, 1.165) is 13.0 Å². The van der Waals surface area contributed by atoms with Crippen molar-refractivity contribution in [2.24, 2.45) is 4.40 Å². The second-order valence-corrected chi connectivity index (χ2v) is 7.28. The molecule has 0 atom stereocenters. The van der Waals surface area contributed by atoms with E-state index in [1.54, 1.807) is 19.2 Å². The topological polar surface area (TPSA) is 88.1 Å². The zero-order valence-corrected chi connectivity index (χ0v) is 14.8. The third-order valence-electron chi connectivity index (χ3n) is 3.75. The number of sulfonamides is 1. The second-order valence-electron chi connectivity index (χ2n) is 5.68. The molecule has 2 rings (SSSR count). The van der Waals surface area contributed by atoms with Crippen molar-refractivity contribution >= 4 is 27.5 Å². The monoisotopic (exact) mass is 353 g/mol. The molecule has 1 amide bonds. The Morgan fingerprint density at radius 1 is 1.33 bits per heavy atom. The molecule has 1 heterocycles. The van der Waals surface area contributed by atoms with Gasteiger partial charge in [0.1, 0.15) is 5.84 Å². The fourth-order valence-corrected chi connectivity index (χ4v) is 3.51. The van der Waals surface area contributed by atoms with Gasteiger partial charge in [0.15, 0.2) is 0 Å². The van der Waals surface area contributed by atoms with E-state index >= 15 is 0 Å². The van der Waals surface area contributed by atoms with Crippen LogP contribution in [0.2, 0.25) is 0 Å². The van der Waals surface area contributed by atoms with E-state index in [-0.39, 0.29) is 10.8 Å². The van der Waals surface area contributed by atoms with Crippen LogP contribution in [0.4, 0.5) is 5.69 Å². The SMILES string of the molecule is COCCCC(=O)Nc1ccc(S(=O)(=O)N=C2CCCN2C)cc1. The lowest BCUT2D eigenvalue weighted by Gasteiger charge is -2.11. The van der Waals surface area contributed by atoms with Gasteiger partial charge in [0.25, 0.3) is 10.0 Å². The van der Waals surface area contributed by atoms with Crippen LogP contribution in [0.25, 0.3) is 0 Å². The summed E-state index contributed by atoms with van der Waals surface area (Å²) in [7, 11) is -0.298. The standard InChI is InChI=1S/C16H23N3O4S/c1-19-11-3-5-15(19)18-24(21,22)14-9-7-13(8-10-14)17-16(20)6-4-12-23-2/h7-10H,3-6,11-12H2,1-2H3,(H,17,20). The Kier molecular flexibility index (Phi) is 6.33. The van der Waals surface area contributed by atoms with Crippen LogP contribution in [-0.2, 0) is 19.6 Å². The molecule has 1 aromatic carbocycles. The van der Waals surface area contributed by atoms with Crippen molar-refractivity contribution in [2.45, 2.75) is 30.6 Å². The fourth-order valence-electron chi connectivity index (χ4n) is 2.41. The average Bonchev–Trinajstić information content (AvgIpc) is 2.92. The molecule has 1 saturated heterocycles. The maximum Gasteiger partial charge on any atom is 0.283 e. The smallest absolute Gasteiger partial charge is 0.283 e. The van der Waals surface area contributed by atoms with Crippen molar-refractivity contribution in [1.29, 1.82) is 0 Å². The quantitative estimate of drug-likeness (QED) is 0.756. The molecule has 1 fully saturated rings. The maximum absolute atomic E-state index is 12.3. The summed E-state index contributed by atoms with van der Waals surface area (Å²) in [4.78, 5) is 13.7. The highest BCUT2D eigenvalue weighted by molar-refractivity contribution is 7.90. The molecule has 7 nitrogen and oxygen atoms in total. The number of anilines is 1. The van der Waals surface area contributed by atoms with Gasteiger partial charge in [0.2, 0.25) is 5.91 Å². The fraction of sp³-hybridized carbons (Fsp3) is 0.500. The van der Waals surface area contributed by atoms with Crippen LogP contribution >= 0.6 is 0 Å². The number of likely N-dealkylation sites (tertiary alicyclic amines) is 1. The summed E-state index contributed by atoms with van der Waals surface area (Å²) < 4.78 is 33.5. The number of hydrogen-bond donors (Lipinski definition) is 1. The van der Waals surface area contributed by atoms with E-state index in [1.807, 2.05) is 11.9 Å². The van der Waals surface area contributed by atoms with Gasteiger partial charge in [-0.15, -0.1) is 4.40 Å². The minimum atomic E-state index is -3.72. The van der Waals surface area contributed by atoms with Gasteiger partial charge < -0.3 is 15.0 Å². The summed E-state index contributed by atoms with van der Waals surface area (Å²) in [6, 6.07) is 6.05. The lowest BCUT2D eigenvalue weighted by Crippen LogP contribution is -2.20. The molecule has 1 aliphatic rings. The van der Waals surface area contributed by atoms with E-state index in [9.17, 15) is 13.2 Å². The molecule has 0 saturated carbocycles. The van der Waals surface area contributed by atoms with E-state index in [4.69, 9.17) is 4.74 Å². The average molecular weight is 353 g/mol. The molecule has 132 valence electrons. The maximum atomic E-state index is 12.3. The van der Waals surface area contributed by atoms with Gasteiger partial charge >= 0.3 is 0 Å². The number of carbonyl (C=O) groups is 1. The van der Waals surface area contributed by atoms with Crippen LogP contribution in [0.15, 0.2) is 33.6 Å². The largest absolute Gasteiger partial charge is 0.385 e. The molecule has 0 bridgehead atoms. The predicted octanol–water partition coefficient (Wildman–Crippen LogP) is 1.86. The first-order valence-corrected chi connectivity index (χ1v) is 9.30. The van der Waals surface area contributed by atoms with Crippen molar-refractivity contribution in [1.82, 2.24) is 4.90 Å².